The van der Waals surface area contributed by atoms with Crippen LogP contribution in [0.1, 0.15) is 36.7 Å². The summed E-state index contributed by atoms with van der Waals surface area (Å²) in [5, 5.41) is 17.7. The van der Waals surface area contributed by atoms with Crippen LogP contribution in [-0.2, 0) is 11.4 Å². The van der Waals surface area contributed by atoms with Crippen LogP contribution in [0.25, 0.3) is 0 Å². The number of carbonyl (C=O) groups excluding carboxylic acids is 1. The maximum atomic E-state index is 12.7. The van der Waals surface area contributed by atoms with Gasteiger partial charge >= 0.3 is 0 Å². The lowest BCUT2D eigenvalue weighted by Gasteiger charge is -2.19. The van der Waals surface area contributed by atoms with Crippen molar-refractivity contribution < 1.29 is 9.53 Å². The second-order valence-electron chi connectivity index (χ2n) is 7.52. The quantitative estimate of drug-likeness (QED) is 0.301. The highest BCUT2D eigenvalue weighted by Gasteiger charge is 2.19. The summed E-state index contributed by atoms with van der Waals surface area (Å²) in [6.45, 7) is 6.36. The molecular weight excluding hydrogens is 424 g/mol. The summed E-state index contributed by atoms with van der Waals surface area (Å²) in [7, 11) is 0. The Kier molecular flexibility index (Phi) is 7.73. The van der Waals surface area contributed by atoms with E-state index in [9.17, 15) is 4.79 Å². The Morgan fingerprint density at radius 1 is 1.25 bits per heavy atom. The minimum Gasteiger partial charge on any atom is -0.485 e. The Hall–Kier alpha value is -3.51. The molecule has 0 radical (unpaired) electrons. The van der Waals surface area contributed by atoms with Gasteiger partial charge in [-0.15, -0.1) is 10.2 Å². The second kappa shape index (κ2) is 10.7. The minimum absolute atomic E-state index is 0.0352. The number of aromatic nitrogens is 3. The Morgan fingerprint density at radius 3 is 2.69 bits per heavy atom. The van der Waals surface area contributed by atoms with E-state index < -0.39 is 0 Å². The Morgan fingerprint density at radius 2 is 2.00 bits per heavy atom. The van der Waals surface area contributed by atoms with Crippen LogP contribution < -0.4 is 15.5 Å². The third-order valence-electron chi connectivity index (χ3n) is 4.81. The summed E-state index contributed by atoms with van der Waals surface area (Å²) in [6, 6.07) is 17.2. The van der Waals surface area contributed by atoms with Gasteiger partial charge in [-0.25, -0.2) is 4.68 Å². The largest absolute Gasteiger partial charge is 0.485 e. The van der Waals surface area contributed by atoms with Gasteiger partial charge in [0.15, 0.2) is 5.82 Å². The molecule has 0 saturated carbocycles. The molecule has 166 valence electrons. The van der Waals surface area contributed by atoms with Crippen molar-refractivity contribution in [2.45, 2.75) is 38.5 Å². The van der Waals surface area contributed by atoms with E-state index in [1.807, 2.05) is 37.3 Å². The van der Waals surface area contributed by atoms with E-state index >= 15 is 0 Å². The average Bonchev–Trinajstić information content (AvgIpc) is 3.14. The molecule has 8 nitrogen and oxygen atoms in total. The number of carbonyl (C=O) groups is 1. The molecule has 0 aliphatic rings. The number of para-hydroxylation sites is 1. The smallest absolute Gasteiger partial charge is 0.238 e. The van der Waals surface area contributed by atoms with Gasteiger partial charge in [0, 0.05) is 5.69 Å². The van der Waals surface area contributed by atoms with E-state index in [1.54, 1.807) is 12.1 Å². The highest BCUT2D eigenvalue weighted by molar-refractivity contribution is 7.99. The third-order valence-corrected chi connectivity index (χ3v) is 5.73. The molecule has 2 aromatic carbocycles. The van der Waals surface area contributed by atoms with Crippen molar-refractivity contribution >= 4 is 23.4 Å². The number of amides is 1. The normalized spacial score (nSPS) is 10.7. The van der Waals surface area contributed by atoms with Crippen LogP contribution in [0.15, 0.2) is 53.7 Å². The number of ether oxygens (including phenoxy) is 1. The van der Waals surface area contributed by atoms with E-state index in [0.717, 1.165) is 16.9 Å². The standard InChI is InChI=1S/C23H26N6O2S/c1-16(2)19-10-9-17(3)13-20(19)31-14-21-26-27-23(29(21)25)32-15-22(30)28(12-11-24)18-7-5-4-6-8-18/h4-10,13,16H,12,14-15,25H2,1-3H3. The molecular formula is C23H26N6O2S. The van der Waals surface area contributed by atoms with Gasteiger partial charge in [-0.1, -0.05) is 55.9 Å². The van der Waals surface area contributed by atoms with Crippen molar-refractivity contribution in [2.24, 2.45) is 0 Å². The summed E-state index contributed by atoms with van der Waals surface area (Å²) in [4.78, 5) is 14.1. The Labute approximate surface area is 192 Å². The second-order valence-corrected chi connectivity index (χ2v) is 8.46. The van der Waals surface area contributed by atoms with Gasteiger partial charge in [0.1, 0.15) is 18.9 Å². The molecule has 0 spiro atoms. The first-order chi connectivity index (χ1) is 15.4. The van der Waals surface area contributed by atoms with Crippen molar-refractivity contribution in [2.75, 3.05) is 23.0 Å². The van der Waals surface area contributed by atoms with Gasteiger partial charge in [-0.2, -0.15) is 5.26 Å². The summed E-state index contributed by atoms with van der Waals surface area (Å²) >= 11 is 1.17. The minimum atomic E-state index is -0.218. The molecule has 3 rings (SSSR count). The predicted molar refractivity (Wildman–Crippen MR) is 125 cm³/mol. The number of aryl methyl sites for hydroxylation is 1. The lowest BCUT2D eigenvalue weighted by Crippen LogP contribution is -2.32. The van der Waals surface area contributed by atoms with Gasteiger partial charge in [-0.3, -0.25) is 9.69 Å². The van der Waals surface area contributed by atoms with Crippen LogP contribution in [0.4, 0.5) is 5.69 Å². The maximum absolute atomic E-state index is 12.7. The van der Waals surface area contributed by atoms with E-state index in [1.165, 1.54) is 21.3 Å². The highest BCUT2D eigenvalue weighted by atomic mass is 32.2. The number of hydrogen-bond donors (Lipinski definition) is 1. The van der Waals surface area contributed by atoms with Crippen molar-refractivity contribution in [1.82, 2.24) is 14.9 Å². The molecule has 1 amide bonds. The van der Waals surface area contributed by atoms with Crippen molar-refractivity contribution in [3.8, 4) is 11.8 Å². The monoisotopic (exact) mass is 450 g/mol. The summed E-state index contributed by atoms with van der Waals surface area (Å²) in [5.74, 6) is 7.56. The highest BCUT2D eigenvalue weighted by Crippen LogP contribution is 2.28. The molecule has 3 aromatic rings. The molecule has 0 saturated heterocycles. The zero-order valence-electron chi connectivity index (χ0n) is 18.4. The van der Waals surface area contributed by atoms with Crippen LogP contribution in [0.2, 0.25) is 0 Å². The molecule has 9 heteroatoms. The van der Waals surface area contributed by atoms with E-state index in [4.69, 9.17) is 15.8 Å². The Balaban J connectivity index is 1.65. The van der Waals surface area contributed by atoms with E-state index in [0.29, 0.717) is 22.6 Å². The predicted octanol–water partition coefficient (Wildman–Crippen LogP) is 3.65. The topological polar surface area (TPSA) is 110 Å². The first-order valence-corrected chi connectivity index (χ1v) is 11.2. The lowest BCUT2D eigenvalue weighted by atomic mass is 10.0. The first kappa shape index (κ1) is 23.2. The zero-order chi connectivity index (χ0) is 23.1. The molecule has 1 aromatic heterocycles. The number of nitrogens with two attached hydrogens (primary N) is 1. The fraction of sp³-hybridized carbons (Fsp3) is 0.304. The fourth-order valence-electron chi connectivity index (χ4n) is 3.10. The van der Waals surface area contributed by atoms with Crippen LogP contribution in [0, 0.1) is 18.3 Å². The zero-order valence-corrected chi connectivity index (χ0v) is 19.2. The van der Waals surface area contributed by atoms with Crippen LogP contribution in [-0.4, -0.2) is 33.1 Å². The summed E-state index contributed by atoms with van der Waals surface area (Å²) < 4.78 is 7.32. The van der Waals surface area contributed by atoms with Gasteiger partial charge in [-0.05, 0) is 42.2 Å². The van der Waals surface area contributed by atoms with E-state index in [-0.39, 0.29) is 24.8 Å². The van der Waals surface area contributed by atoms with Gasteiger partial charge in [0.2, 0.25) is 11.1 Å². The van der Waals surface area contributed by atoms with Gasteiger partial charge in [0.25, 0.3) is 0 Å². The number of anilines is 1. The van der Waals surface area contributed by atoms with Gasteiger partial charge in [0.05, 0.1) is 11.8 Å². The van der Waals surface area contributed by atoms with Crippen LogP contribution in [0.5, 0.6) is 5.75 Å². The van der Waals surface area contributed by atoms with Crippen LogP contribution >= 0.6 is 11.8 Å². The van der Waals surface area contributed by atoms with Crippen LogP contribution in [0.3, 0.4) is 0 Å². The lowest BCUT2D eigenvalue weighted by molar-refractivity contribution is -0.116. The molecule has 0 aliphatic heterocycles. The molecule has 0 aliphatic carbocycles. The van der Waals surface area contributed by atoms with Crippen molar-refractivity contribution in [3.05, 3.63) is 65.5 Å². The molecule has 2 N–H and O–H groups in total. The third kappa shape index (κ3) is 5.59. The molecule has 0 bridgehead atoms. The van der Waals surface area contributed by atoms with Crippen molar-refractivity contribution in [1.29, 1.82) is 5.26 Å². The SMILES string of the molecule is Cc1ccc(C(C)C)c(OCc2nnc(SCC(=O)N(CC#N)c3ccccc3)n2N)c1. The number of benzene rings is 2. The molecule has 0 unspecified atom stereocenters. The number of nitrogen functional groups attached to an aromatic ring is 1. The molecule has 1 heterocycles. The molecule has 0 atom stereocenters. The van der Waals surface area contributed by atoms with Gasteiger partial charge < -0.3 is 10.6 Å². The number of rotatable bonds is 9. The number of nitrogens with zero attached hydrogens (tertiary/aromatic N) is 5. The Bertz CT molecular complexity index is 1110. The van der Waals surface area contributed by atoms with E-state index in [2.05, 4.69) is 36.2 Å². The fourth-order valence-corrected chi connectivity index (χ4v) is 3.85. The number of hydrogen-bond acceptors (Lipinski definition) is 7. The number of thioether (sulfide) groups is 1. The first-order valence-electron chi connectivity index (χ1n) is 10.2. The molecule has 32 heavy (non-hydrogen) atoms. The molecule has 0 fully saturated rings. The van der Waals surface area contributed by atoms with Crippen molar-refractivity contribution in [3.63, 3.8) is 0 Å². The number of nitriles is 1. The summed E-state index contributed by atoms with van der Waals surface area (Å²) in [6.07, 6.45) is 0. The average molecular weight is 451 g/mol. The summed E-state index contributed by atoms with van der Waals surface area (Å²) in [5.41, 5.74) is 2.88. The maximum Gasteiger partial charge on any atom is 0.238 e.